The minimum atomic E-state index is -0.988. The van der Waals surface area contributed by atoms with Gasteiger partial charge in [-0.05, 0) is 37.3 Å². The molecule has 0 unspecified atom stereocenters. The molecule has 1 N–H and O–H groups in total. The fourth-order valence-electron chi connectivity index (χ4n) is 2.05. The zero-order chi connectivity index (χ0) is 15.5. The second-order valence-corrected chi connectivity index (χ2v) is 5.59. The van der Waals surface area contributed by atoms with Crippen molar-refractivity contribution in [2.24, 2.45) is 0 Å². The molecule has 1 heterocycles. The molecule has 0 saturated heterocycles. The highest BCUT2D eigenvalue weighted by Crippen LogP contribution is 2.44. The number of para-hydroxylation sites is 1. The van der Waals surface area contributed by atoms with Crippen molar-refractivity contribution in [3.63, 3.8) is 0 Å². The van der Waals surface area contributed by atoms with Gasteiger partial charge in [-0.1, -0.05) is 23.9 Å². The highest BCUT2D eigenvalue weighted by molar-refractivity contribution is 7.99. The normalized spacial score (nSPS) is 11.7. The van der Waals surface area contributed by atoms with E-state index in [9.17, 15) is 9.59 Å². The van der Waals surface area contributed by atoms with Crippen LogP contribution in [0.1, 0.15) is 17.3 Å². The van der Waals surface area contributed by atoms with Crippen LogP contribution in [-0.2, 0) is 9.47 Å². The molecule has 0 radical (unpaired) electrons. The summed E-state index contributed by atoms with van der Waals surface area (Å²) in [5.41, 5.74) is 2.08. The van der Waals surface area contributed by atoms with E-state index in [-0.39, 0.29) is 6.61 Å². The summed E-state index contributed by atoms with van der Waals surface area (Å²) in [5.74, 6) is -0.730. The molecule has 2 aromatic carbocycles. The lowest BCUT2D eigenvalue weighted by Gasteiger charge is -2.20. The summed E-state index contributed by atoms with van der Waals surface area (Å²) < 4.78 is 9.19. The van der Waals surface area contributed by atoms with Crippen LogP contribution in [0, 0.1) is 0 Å². The largest absolute Gasteiger partial charge is 0.516 e. The van der Waals surface area contributed by atoms with Gasteiger partial charge in [0, 0.05) is 9.79 Å². The number of carbonyl (C=O) groups is 2. The molecule has 0 fully saturated rings. The number of carbonyl (C=O) groups excluding carboxylic acids is 2. The third-order valence-corrected chi connectivity index (χ3v) is 4.18. The first-order chi connectivity index (χ1) is 10.7. The van der Waals surface area contributed by atoms with Crippen molar-refractivity contribution in [1.29, 1.82) is 0 Å². The van der Waals surface area contributed by atoms with Gasteiger partial charge in [0.05, 0.1) is 23.5 Å². The number of benzene rings is 2. The van der Waals surface area contributed by atoms with Gasteiger partial charge in [0.2, 0.25) is 0 Å². The number of nitrogens with one attached hydrogen (secondary N) is 1. The first-order valence-corrected chi connectivity index (χ1v) is 7.56. The molecule has 3 rings (SSSR count). The maximum atomic E-state index is 11.9. The number of hydrogen-bond acceptors (Lipinski definition) is 6. The molecular formula is C16H13NO4S. The third kappa shape index (κ3) is 2.92. The average Bonchev–Trinajstić information content (AvgIpc) is 2.52. The van der Waals surface area contributed by atoms with Crippen molar-refractivity contribution in [1.82, 2.24) is 0 Å². The van der Waals surface area contributed by atoms with Gasteiger partial charge in [-0.15, -0.1) is 0 Å². The van der Waals surface area contributed by atoms with E-state index in [1.54, 1.807) is 30.8 Å². The van der Waals surface area contributed by atoms with E-state index in [2.05, 4.69) is 14.8 Å². The summed E-state index contributed by atoms with van der Waals surface area (Å²) in [6.07, 6.45) is -0.988. The van der Waals surface area contributed by atoms with E-state index in [0.29, 0.717) is 5.56 Å². The summed E-state index contributed by atoms with van der Waals surface area (Å²) in [6.45, 7) is 1.80. The van der Waals surface area contributed by atoms with Crippen LogP contribution in [0.2, 0.25) is 0 Å². The number of hydrogen-bond donors (Lipinski definition) is 1. The van der Waals surface area contributed by atoms with Crippen LogP contribution in [-0.4, -0.2) is 18.7 Å². The molecule has 0 aliphatic carbocycles. The smallest absolute Gasteiger partial charge is 0.434 e. The third-order valence-electron chi connectivity index (χ3n) is 3.03. The molecular weight excluding hydrogens is 302 g/mol. The summed E-state index contributed by atoms with van der Waals surface area (Å²) in [7, 11) is 0. The van der Waals surface area contributed by atoms with E-state index in [4.69, 9.17) is 0 Å². The number of rotatable bonds is 2. The first-order valence-electron chi connectivity index (χ1n) is 6.74. The SMILES string of the molecule is CCOC(=O)OC(=O)c1ccc2c(c1)Nc1ccccc1S2. The summed E-state index contributed by atoms with van der Waals surface area (Å²) in [5, 5.41) is 3.27. The Labute approximate surface area is 131 Å². The molecule has 0 atom stereocenters. The van der Waals surface area contributed by atoms with Gasteiger partial charge in [0.15, 0.2) is 0 Å². The molecule has 22 heavy (non-hydrogen) atoms. The lowest BCUT2D eigenvalue weighted by Crippen LogP contribution is -2.14. The Morgan fingerprint density at radius 1 is 1.09 bits per heavy atom. The Morgan fingerprint density at radius 3 is 2.68 bits per heavy atom. The average molecular weight is 315 g/mol. The summed E-state index contributed by atoms with van der Waals surface area (Å²) in [4.78, 5) is 25.2. The molecule has 5 nitrogen and oxygen atoms in total. The maximum Gasteiger partial charge on any atom is 0.516 e. The van der Waals surface area contributed by atoms with E-state index in [1.807, 2.05) is 30.3 Å². The van der Waals surface area contributed by atoms with Crippen LogP contribution in [0.25, 0.3) is 0 Å². The Morgan fingerprint density at radius 2 is 1.86 bits per heavy atom. The van der Waals surface area contributed by atoms with Crippen LogP contribution in [0.3, 0.4) is 0 Å². The van der Waals surface area contributed by atoms with E-state index >= 15 is 0 Å². The molecule has 0 amide bonds. The van der Waals surface area contributed by atoms with Gasteiger partial charge in [0.25, 0.3) is 0 Å². The second-order valence-electron chi connectivity index (χ2n) is 4.51. The monoisotopic (exact) mass is 315 g/mol. The predicted octanol–water partition coefficient (Wildman–Crippen LogP) is 4.21. The number of ether oxygens (including phenoxy) is 2. The first kappa shape index (κ1) is 14.5. The minimum Gasteiger partial charge on any atom is -0.434 e. The van der Waals surface area contributed by atoms with E-state index in [1.165, 1.54) is 0 Å². The molecule has 0 spiro atoms. The van der Waals surface area contributed by atoms with Crippen molar-refractivity contribution in [2.75, 3.05) is 11.9 Å². The van der Waals surface area contributed by atoms with Crippen LogP contribution in [0.5, 0.6) is 0 Å². The topological polar surface area (TPSA) is 64.6 Å². The molecule has 112 valence electrons. The predicted molar refractivity (Wildman–Crippen MR) is 82.7 cm³/mol. The number of esters is 1. The Kier molecular flexibility index (Phi) is 4.02. The van der Waals surface area contributed by atoms with Crippen LogP contribution >= 0.6 is 11.8 Å². The minimum absolute atomic E-state index is 0.158. The molecule has 1 aliphatic rings. The fraction of sp³-hybridized carbons (Fsp3) is 0.125. The van der Waals surface area contributed by atoms with Gasteiger partial charge < -0.3 is 14.8 Å². The van der Waals surface area contributed by atoms with Crippen molar-refractivity contribution in [3.8, 4) is 0 Å². The van der Waals surface area contributed by atoms with Gasteiger partial charge >= 0.3 is 12.1 Å². The van der Waals surface area contributed by atoms with Crippen molar-refractivity contribution < 1.29 is 19.1 Å². The highest BCUT2D eigenvalue weighted by Gasteiger charge is 2.19. The molecule has 2 aromatic rings. The number of fused-ring (bicyclic) bond motifs is 2. The molecule has 0 saturated carbocycles. The molecule has 1 aliphatic heterocycles. The van der Waals surface area contributed by atoms with Crippen LogP contribution in [0.4, 0.5) is 16.2 Å². The van der Waals surface area contributed by atoms with E-state index in [0.717, 1.165) is 21.2 Å². The second kappa shape index (κ2) is 6.11. The standard InChI is InChI=1S/C16H13NO4S/c1-2-20-16(19)21-15(18)10-7-8-14-12(9-10)17-11-5-3-4-6-13(11)22-14/h3-9,17H,2H2,1H3. The van der Waals surface area contributed by atoms with Crippen LogP contribution < -0.4 is 5.32 Å². The molecule has 0 aromatic heterocycles. The van der Waals surface area contributed by atoms with Gasteiger partial charge in [-0.25, -0.2) is 9.59 Å². The summed E-state index contributed by atoms with van der Waals surface area (Å²) in [6, 6.07) is 13.0. The van der Waals surface area contributed by atoms with Gasteiger partial charge in [-0.2, -0.15) is 0 Å². The van der Waals surface area contributed by atoms with Crippen molar-refractivity contribution in [3.05, 3.63) is 48.0 Å². The summed E-state index contributed by atoms with van der Waals surface area (Å²) >= 11 is 1.62. The Bertz CT molecular complexity index is 745. The van der Waals surface area contributed by atoms with Crippen molar-refractivity contribution >= 4 is 35.3 Å². The maximum absolute atomic E-state index is 11.9. The lowest BCUT2D eigenvalue weighted by molar-refractivity contribution is 0.0401. The zero-order valence-corrected chi connectivity index (χ0v) is 12.6. The molecule has 0 bridgehead atoms. The quantitative estimate of drug-likeness (QED) is 0.564. The highest BCUT2D eigenvalue weighted by atomic mass is 32.2. The Hall–Kier alpha value is -2.47. The number of anilines is 2. The fourth-order valence-corrected chi connectivity index (χ4v) is 3.02. The Balaban J connectivity index is 1.81. The lowest BCUT2D eigenvalue weighted by atomic mass is 10.2. The van der Waals surface area contributed by atoms with Crippen LogP contribution in [0.15, 0.2) is 52.3 Å². The van der Waals surface area contributed by atoms with E-state index < -0.39 is 12.1 Å². The molecule has 6 heteroatoms. The van der Waals surface area contributed by atoms with Crippen molar-refractivity contribution in [2.45, 2.75) is 16.7 Å². The van der Waals surface area contributed by atoms with Gasteiger partial charge in [0.1, 0.15) is 0 Å². The zero-order valence-electron chi connectivity index (χ0n) is 11.8. The van der Waals surface area contributed by atoms with Gasteiger partial charge in [-0.3, -0.25) is 0 Å².